The smallest absolute Gasteiger partial charge is 0.230 e. The highest BCUT2D eigenvalue weighted by Gasteiger charge is 2.11. The van der Waals surface area contributed by atoms with Crippen molar-refractivity contribution in [3.8, 4) is 11.3 Å². The van der Waals surface area contributed by atoms with Crippen LogP contribution in [0, 0.1) is 5.82 Å². The summed E-state index contributed by atoms with van der Waals surface area (Å²) in [6.45, 7) is 0.226. The van der Waals surface area contributed by atoms with Crippen molar-refractivity contribution >= 4 is 34.7 Å². The maximum atomic E-state index is 12.9. The van der Waals surface area contributed by atoms with Gasteiger partial charge in [-0.3, -0.25) is 4.79 Å². The molecule has 9 heteroatoms. The van der Waals surface area contributed by atoms with Crippen LogP contribution in [0.2, 0.25) is 0 Å². The van der Waals surface area contributed by atoms with Gasteiger partial charge in [0.25, 0.3) is 0 Å². The van der Waals surface area contributed by atoms with Gasteiger partial charge < -0.3 is 5.32 Å². The summed E-state index contributed by atoms with van der Waals surface area (Å²) in [5.41, 5.74) is 2.48. The van der Waals surface area contributed by atoms with Gasteiger partial charge in [-0.1, -0.05) is 0 Å². The van der Waals surface area contributed by atoms with Crippen molar-refractivity contribution in [3.63, 3.8) is 0 Å². The van der Waals surface area contributed by atoms with E-state index in [-0.39, 0.29) is 24.0 Å². The molecule has 6 nitrogen and oxygen atoms in total. The lowest BCUT2D eigenvalue weighted by atomic mass is 10.2. The minimum absolute atomic E-state index is 0.143. The van der Waals surface area contributed by atoms with E-state index in [9.17, 15) is 9.18 Å². The minimum atomic E-state index is -0.295. The number of rotatable bonds is 6. The summed E-state index contributed by atoms with van der Waals surface area (Å²) in [5, 5.41) is 19.6. The number of aromatic nitrogens is 4. The van der Waals surface area contributed by atoms with Crippen molar-refractivity contribution < 1.29 is 9.18 Å². The van der Waals surface area contributed by atoms with E-state index in [1.54, 1.807) is 28.0 Å². The fraction of sp³-hybridized carbons (Fsp3) is 0.111. The van der Waals surface area contributed by atoms with Crippen LogP contribution in [0.3, 0.4) is 0 Å². The van der Waals surface area contributed by atoms with E-state index < -0.39 is 0 Å². The highest BCUT2D eigenvalue weighted by molar-refractivity contribution is 8.00. The molecule has 27 heavy (non-hydrogen) atoms. The zero-order valence-electron chi connectivity index (χ0n) is 14.0. The van der Waals surface area contributed by atoms with Gasteiger partial charge in [-0.15, -0.1) is 22.0 Å². The van der Waals surface area contributed by atoms with Gasteiger partial charge in [-0.2, -0.15) is 21.0 Å². The van der Waals surface area contributed by atoms with E-state index in [0.29, 0.717) is 11.5 Å². The Morgan fingerprint density at radius 1 is 1.15 bits per heavy atom. The Morgan fingerprint density at radius 2 is 2.00 bits per heavy atom. The third-order valence-electron chi connectivity index (χ3n) is 3.77. The predicted octanol–water partition coefficient (Wildman–Crippen LogP) is 3.40. The Kier molecular flexibility index (Phi) is 5.12. The molecular formula is C18H14FN5OS2. The fourth-order valence-electron chi connectivity index (χ4n) is 2.42. The lowest BCUT2D eigenvalue weighted by Gasteiger charge is -2.05. The van der Waals surface area contributed by atoms with Crippen LogP contribution >= 0.6 is 23.1 Å². The first-order valence-electron chi connectivity index (χ1n) is 8.08. The van der Waals surface area contributed by atoms with Crippen LogP contribution in [0.5, 0.6) is 0 Å². The molecule has 0 radical (unpaired) electrons. The summed E-state index contributed by atoms with van der Waals surface area (Å²) in [6.07, 6.45) is 0. The van der Waals surface area contributed by atoms with Gasteiger partial charge >= 0.3 is 0 Å². The molecule has 3 heterocycles. The second kappa shape index (κ2) is 7.85. The second-order valence-electron chi connectivity index (χ2n) is 5.64. The minimum Gasteiger partial charge on any atom is -0.348 e. The van der Waals surface area contributed by atoms with Gasteiger partial charge in [0, 0.05) is 15.8 Å². The molecule has 0 atom stereocenters. The van der Waals surface area contributed by atoms with Gasteiger partial charge in [-0.25, -0.2) is 4.39 Å². The van der Waals surface area contributed by atoms with E-state index in [0.717, 1.165) is 16.2 Å². The van der Waals surface area contributed by atoms with Crippen molar-refractivity contribution in [1.82, 2.24) is 25.1 Å². The van der Waals surface area contributed by atoms with Gasteiger partial charge in [0.15, 0.2) is 11.5 Å². The van der Waals surface area contributed by atoms with Crippen LogP contribution in [0.1, 0.15) is 5.82 Å². The Morgan fingerprint density at radius 3 is 2.78 bits per heavy atom. The number of halogens is 1. The molecular weight excluding hydrogens is 385 g/mol. The summed E-state index contributed by atoms with van der Waals surface area (Å²) < 4.78 is 14.5. The van der Waals surface area contributed by atoms with Crippen molar-refractivity contribution in [2.45, 2.75) is 11.4 Å². The summed E-state index contributed by atoms with van der Waals surface area (Å²) in [4.78, 5) is 12.9. The molecule has 1 aromatic carbocycles. The summed E-state index contributed by atoms with van der Waals surface area (Å²) in [7, 11) is 0. The number of benzene rings is 1. The van der Waals surface area contributed by atoms with Crippen molar-refractivity contribution in [1.29, 1.82) is 0 Å². The van der Waals surface area contributed by atoms with Gasteiger partial charge in [0.2, 0.25) is 5.91 Å². The molecule has 1 N–H and O–H groups in total. The average molecular weight is 399 g/mol. The number of hydrogen-bond donors (Lipinski definition) is 1. The van der Waals surface area contributed by atoms with Crippen LogP contribution in [0.15, 0.2) is 58.1 Å². The number of amides is 1. The van der Waals surface area contributed by atoms with E-state index in [4.69, 9.17) is 0 Å². The SMILES string of the molecule is O=C(CSc1ccc(F)cc1)NCc1nnc2ccc(-c3ccsc3)nn12. The third kappa shape index (κ3) is 4.15. The number of thiophene rings is 1. The predicted molar refractivity (Wildman–Crippen MR) is 103 cm³/mol. The van der Waals surface area contributed by atoms with Crippen molar-refractivity contribution in [2.75, 3.05) is 5.75 Å². The molecule has 0 saturated heterocycles. The maximum absolute atomic E-state index is 12.9. The van der Waals surface area contributed by atoms with Crippen LogP contribution < -0.4 is 5.32 Å². The largest absolute Gasteiger partial charge is 0.348 e. The molecule has 0 unspecified atom stereocenters. The molecule has 0 aliphatic rings. The number of carbonyl (C=O) groups excluding carboxylic acids is 1. The van der Waals surface area contributed by atoms with Gasteiger partial charge in [-0.05, 0) is 47.8 Å². The number of fused-ring (bicyclic) bond motifs is 1. The lowest BCUT2D eigenvalue weighted by molar-refractivity contribution is -0.118. The highest BCUT2D eigenvalue weighted by atomic mass is 32.2. The Hall–Kier alpha value is -2.78. The highest BCUT2D eigenvalue weighted by Crippen LogP contribution is 2.20. The maximum Gasteiger partial charge on any atom is 0.230 e. The summed E-state index contributed by atoms with van der Waals surface area (Å²) in [6, 6.07) is 11.8. The monoisotopic (exact) mass is 399 g/mol. The van der Waals surface area contributed by atoms with Crippen LogP contribution in [-0.4, -0.2) is 31.5 Å². The molecule has 0 saturated carbocycles. The quantitative estimate of drug-likeness (QED) is 0.503. The number of hydrogen-bond acceptors (Lipinski definition) is 6. The van der Waals surface area contributed by atoms with Crippen LogP contribution in [-0.2, 0) is 11.3 Å². The van der Waals surface area contributed by atoms with Crippen molar-refractivity contribution in [3.05, 3.63) is 64.9 Å². The van der Waals surface area contributed by atoms with Gasteiger partial charge in [0.1, 0.15) is 5.82 Å². The number of carbonyl (C=O) groups is 1. The molecule has 0 bridgehead atoms. The zero-order valence-corrected chi connectivity index (χ0v) is 15.6. The number of thioether (sulfide) groups is 1. The first-order valence-corrected chi connectivity index (χ1v) is 10.0. The van der Waals surface area contributed by atoms with Crippen molar-refractivity contribution in [2.24, 2.45) is 0 Å². The Bertz CT molecular complexity index is 1060. The van der Waals surface area contributed by atoms with Crippen LogP contribution in [0.25, 0.3) is 16.9 Å². The molecule has 0 aliphatic heterocycles. The average Bonchev–Trinajstić information content (AvgIpc) is 3.35. The van der Waals surface area contributed by atoms with Crippen LogP contribution in [0.4, 0.5) is 4.39 Å². The first-order chi connectivity index (χ1) is 13.2. The summed E-state index contributed by atoms with van der Waals surface area (Å²) in [5.74, 6) is 0.352. The molecule has 1 amide bonds. The van der Waals surface area contributed by atoms with E-state index in [1.807, 2.05) is 29.0 Å². The molecule has 3 aromatic heterocycles. The first kappa shape index (κ1) is 17.6. The molecule has 0 spiro atoms. The van der Waals surface area contributed by atoms with E-state index in [2.05, 4.69) is 20.6 Å². The molecule has 4 aromatic rings. The number of nitrogens with zero attached hydrogens (tertiary/aromatic N) is 4. The summed E-state index contributed by atoms with van der Waals surface area (Å²) >= 11 is 2.95. The fourth-order valence-corrected chi connectivity index (χ4v) is 3.79. The molecule has 136 valence electrons. The van der Waals surface area contributed by atoms with Gasteiger partial charge in [0.05, 0.1) is 18.0 Å². The Balaban J connectivity index is 1.40. The molecule has 0 aliphatic carbocycles. The normalized spacial score (nSPS) is 11.0. The zero-order chi connectivity index (χ0) is 18.6. The topological polar surface area (TPSA) is 72.2 Å². The number of nitrogens with one attached hydrogen (secondary N) is 1. The molecule has 0 fully saturated rings. The van der Waals surface area contributed by atoms with E-state index >= 15 is 0 Å². The standard InChI is InChI=1S/C18H14FN5OS2/c19-13-1-3-14(4-2-13)27-11-18(25)20-9-17-22-21-16-6-5-15(23-24(16)17)12-7-8-26-10-12/h1-8,10H,9,11H2,(H,20,25). The third-order valence-corrected chi connectivity index (χ3v) is 5.47. The second-order valence-corrected chi connectivity index (χ2v) is 7.46. The van der Waals surface area contributed by atoms with E-state index in [1.165, 1.54) is 23.9 Å². The molecule has 4 rings (SSSR count). The lowest BCUT2D eigenvalue weighted by Crippen LogP contribution is -2.25. The Labute approximate surface area is 162 Å².